The van der Waals surface area contributed by atoms with Gasteiger partial charge < -0.3 is 5.32 Å². The largest absolute Gasteiger partial charge is 0.326 e. The molecule has 0 spiro atoms. The first kappa shape index (κ1) is 14.4. The van der Waals surface area contributed by atoms with Gasteiger partial charge in [0, 0.05) is 17.9 Å². The molecule has 4 N–H and O–H groups in total. The Morgan fingerprint density at radius 3 is 2.40 bits per heavy atom. The van der Waals surface area contributed by atoms with Gasteiger partial charge in [-0.1, -0.05) is 30.3 Å². The average Bonchev–Trinajstić information content (AvgIpc) is 2.38. The number of aryl methyl sites for hydroxylation is 2. The third-order valence-corrected chi connectivity index (χ3v) is 2.89. The monoisotopic (exact) mass is 271 g/mol. The summed E-state index contributed by atoms with van der Waals surface area (Å²) in [7, 11) is 0. The number of anilines is 1. The van der Waals surface area contributed by atoms with E-state index in [-0.39, 0.29) is 6.29 Å². The second-order valence-electron chi connectivity index (χ2n) is 4.79. The summed E-state index contributed by atoms with van der Waals surface area (Å²) in [5, 5.41) is 6.26. The number of nitrogens with zero attached hydrogens (tertiary/aromatic N) is 2. The van der Waals surface area contributed by atoms with Crippen LogP contribution in [0.4, 0.5) is 5.95 Å². The molecule has 1 heterocycles. The number of hydrogen-bond donors (Lipinski definition) is 3. The number of nitrogens with two attached hydrogens (primary N) is 1. The van der Waals surface area contributed by atoms with Gasteiger partial charge in [-0.25, -0.2) is 9.97 Å². The normalized spacial score (nSPS) is 12.2. The molecule has 0 aliphatic carbocycles. The Bertz CT molecular complexity index is 521. The molecule has 1 aromatic heterocycles. The molecule has 106 valence electrons. The van der Waals surface area contributed by atoms with E-state index in [1.165, 1.54) is 5.56 Å². The van der Waals surface area contributed by atoms with Crippen molar-refractivity contribution in [3.63, 3.8) is 0 Å². The molecule has 2 aromatic rings. The number of aromatic nitrogens is 2. The van der Waals surface area contributed by atoms with E-state index in [9.17, 15) is 0 Å². The van der Waals surface area contributed by atoms with Gasteiger partial charge in [0.15, 0.2) is 0 Å². The summed E-state index contributed by atoms with van der Waals surface area (Å²) in [4.78, 5) is 8.60. The summed E-state index contributed by atoms with van der Waals surface area (Å²) in [5.41, 5.74) is 9.11. The molecule has 5 nitrogen and oxygen atoms in total. The SMILES string of the molecule is Cc1cc(C)nc(NC(N)NCCc2ccccc2)n1. The molecule has 0 aliphatic rings. The average molecular weight is 271 g/mol. The van der Waals surface area contributed by atoms with Crippen molar-refractivity contribution in [2.24, 2.45) is 5.73 Å². The minimum Gasteiger partial charge on any atom is -0.326 e. The van der Waals surface area contributed by atoms with Crippen LogP contribution in [0.25, 0.3) is 0 Å². The molecular formula is C15H21N5. The number of nitrogens with one attached hydrogen (secondary N) is 2. The van der Waals surface area contributed by atoms with Crippen molar-refractivity contribution in [1.82, 2.24) is 15.3 Å². The fourth-order valence-corrected chi connectivity index (χ4v) is 2.00. The van der Waals surface area contributed by atoms with Gasteiger partial charge in [-0.2, -0.15) is 0 Å². The summed E-state index contributed by atoms with van der Waals surface area (Å²) in [5.74, 6) is 0.558. The highest BCUT2D eigenvalue weighted by Crippen LogP contribution is 2.03. The van der Waals surface area contributed by atoms with Crippen molar-refractivity contribution in [3.8, 4) is 0 Å². The van der Waals surface area contributed by atoms with Gasteiger partial charge in [0.25, 0.3) is 0 Å². The van der Waals surface area contributed by atoms with E-state index in [0.29, 0.717) is 5.95 Å². The zero-order chi connectivity index (χ0) is 14.4. The molecule has 5 heteroatoms. The fraction of sp³-hybridized carbons (Fsp3) is 0.333. The smallest absolute Gasteiger partial charge is 0.225 e. The minimum absolute atomic E-state index is 0.361. The van der Waals surface area contributed by atoms with Crippen LogP contribution in [0.3, 0.4) is 0 Å². The third kappa shape index (κ3) is 4.60. The van der Waals surface area contributed by atoms with E-state index in [2.05, 4.69) is 32.7 Å². The van der Waals surface area contributed by atoms with E-state index in [4.69, 9.17) is 5.73 Å². The van der Waals surface area contributed by atoms with Crippen LogP contribution in [0.2, 0.25) is 0 Å². The van der Waals surface area contributed by atoms with E-state index in [1.54, 1.807) is 0 Å². The van der Waals surface area contributed by atoms with Gasteiger partial charge in [-0.3, -0.25) is 11.1 Å². The second-order valence-corrected chi connectivity index (χ2v) is 4.79. The lowest BCUT2D eigenvalue weighted by Crippen LogP contribution is -2.45. The van der Waals surface area contributed by atoms with Gasteiger partial charge >= 0.3 is 0 Å². The highest BCUT2D eigenvalue weighted by Gasteiger charge is 2.04. The van der Waals surface area contributed by atoms with Gasteiger partial charge in [0.2, 0.25) is 5.95 Å². The van der Waals surface area contributed by atoms with Crippen LogP contribution in [-0.4, -0.2) is 22.8 Å². The molecule has 2 rings (SSSR count). The van der Waals surface area contributed by atoms with Crippen LogP contribution < -0.4 is 16.4 Å². The Hall–Kier alpha value is -1.98. The van der Waals surface area contributed by atoms with E-state index in [0.717, 1.165) is 24.4 Å². The standard InChI is InChI=1S/C15H21N5/c1-11-10-12(2)19-15(18-11)20-14(16)17-9-8-13-6-4-3-5-7-13/h3-7,10,14,17H,8-9,16H2,1-2H3,(H,18,19,20). The predicted octanol–water partition coefficient (Wildman–Crippen LogP) is 1.58. The second kappa shape index (κ2) is 6.98. The lowest BCUT2D eigenvalue weighted by atomic mass is 10.1. The van der Waals surface area contributed by atoms with Gasteiger partial charge in [0.05, 0.1) is 0 Å². The molecule has 0 bridgehead atoms. The zero-order valence-electron chi connectivity index (χ0n) is 11.9. The quantitative estimate of drug-likeness (QED) is 0.695. The number of hydrogen-bond acceptors (Lipinski definition) is 5. The summed E-state index contributed by atoms with van der Waals surface area (Å²) in [6, 6.07) is 12.2. The Morgan fingerprint density at radius 1 is 1.10 bits per heavy atom. The molecule has 1 aromatic carbocycles. The molecule has 0 saturated carbocycles. The maximum atomic E-state index is 5.97. The van der Waals surface area contributed by atoms with E-state index in [1.807, 2.05) is 38.1 Å². The molecule has 1 atom stereocenters. The molecule has 0 aliphatic heterocycles. The van der Waals surface area contributed by atoms with Crippen LogP contribution >= 0.6 is 0 Å². The van der Waals surface area contributed by atoms with Crippen LogP contribution in [-0.2, 0) is 6.42 Å². The van der Waals surface area contributed by atoms with Gasteiger partial charge in [-0.15, -0.1) is 0 Å². The maximum absolute atomic E-state index is 5.97. The first-order valence-electron chi connectivity index (χ1n) is 6.75. The summed E-state index contributed by atoms with van der Waals surface area (Å²) in [6.07, 6.45) is 0.573. The minimum atomic E-state index is -0.361. The van der Waals surface area contributed by atoms with Crippen molar-refractivity contribution in [2.75, 3.05) is 11.9 Å². The van der Waals surface area contributed by atoms with Gasteiger partial charge in [-0.05, 0) is 31.9 Å². The lowest BCUT2D eigenvalue weighted by molar-refractivity contribution is 0.576. The van der Waals surface area contributed by atoms with Crippen LogP contribution in [0.5, 0.6) is 0 Å². The van der Waals surface area contributed by atoms with Crippen molar-refractivity contribution >= 4 is 5.95 Å². The maximum Gasteiger partial charge on any atom is 0.225 e. The predicted molar refractivity (Wildman–Crippen MR) is 81.3 cm³/mol. The zero-order valence-corrected chi connectivity index (χ0v) is 11.9. The lowest BCUT2D eigenvalue weighted by Gasteiger charge is -2.16. The molecular weight excluding hydrogens is 250 g/mol. The molecule has 0 amide bonds. The van der Waals surface area contributed by atoms with Gasteiger partial charge in [0.1, 0.15) is 6.29 Å². The Morgan fingerprint density at radius 2 is 1.75 bits per heavy atom. The molecule has 20 heavy (non-hydrogen) atoms. The topological polar surface area (TPSA) is 75.9 Å². The molecule has 0 saturated heterocycles. The Labute approximate surface area is 119 Å². The molecule has 1 unspecified atom stereocenters. The molecule has 0 radical (unpaired) electrons. The summed E-state index contributed by atoms with van der Waals surface area (Å²) < 4.78 is 0. The van der Waals surface area contributed by atoms with Crippen molar-refractivity contribution < 1.29 is 0 Å². The van der Waals surface area contributed by atoms with E-state index < -0.39 is 0 Å². The van der Waals surface area contributed by atoms with Crippen LogP contribution in [0, 0.1) is 13.8 Å². The Kier molecular flexibility index (Phi) is 5.03. The van der Waals surface area contributed by atoms with E-state index >= 15 is 0 Å². The first-order chi connectivity index (χ1) is 9.63. The first-order valence-corrected chi connectivity index (χ1v) is 6.75. The van der Waals surface area contributed by atoms with Crippen LogP contribution in [0.15, 0.2) is 36.4 Å². The van der Waals surface area contributed by atoms with Crippen molar-refractivity contribution in [2.45, 2.75) is 26.6 Å². The van der Waals surface area contributed by atoms with Crippen molar-refractivity contribution in [1.29, 1.82) is 0 Å². The third-order valence-electron chi connectivity index (χ3n) is 2.89. The fourth-order valence-electron chi connectivity index (χ4n) is 2.00. The highest BCUT2D eigenvalue weighted by molar-refractivity contribution is 5.28. The molecule has 0 fully saturated rings. The number of benzene rings is 1. The number of rotatable bonds is 6. The summed E-state index contributed by atoms with van der Waals surface area (Å²) >= 11 is 0. The summed E-state index contributed by atoms with van der Waals surface area (Å²) in [6.45, 7) is 4.67. The highest BCUT2D eigenvalue weighted by atomic mass is 15.3. The Balaban J connectivity index is 1.79. The van der Waals surface area contributed by atoms with Crippen LogP contribution in [0.1, 0.15) is 17.0 Å². The van der Waals surface area contributed by atoms with Crippen molar-refractivity contribution in [3.05, 3.63) is 53.3 Å².